The first-order chi connectivity index (χ1) is 9.50. The van der Waals surface area contributed by atoms with E-state index in [-0.39, 0.29) is 6.04 Å². The summed E-state index contributed by atoms with van der Waals surface area (Å²) in [7, 11) is 0. The molecule has 1 atom stereocenters. The fourth-order valence-electron chi connectivity index (χ4n) is 1.89. The van der Waals surface area contributed by atoms with E-state index >= 15 is 0 Å². The first kappa shape index (κ1) is 14.8. The highest BCUT2D eigenvalue weighted by atomic mass is 32.1. The van der Waals surface area contributed by atoms with Crippen LogP contribution >= 0.6 is 11.3 Å². The van der Waals surface area contributed by atoms with E-state index in [9.17, 15) is 13.2 Å². The van der Waals surface area contributed by atoms with Gasteiger partial charge in [0.2, 0.25) is 0 Å². The molecule has 0 aliphatic carbocycles. The molecule has 20 heavy (non-hydrogen) atoms. The number of alkyl halides is 3. The number of rotatable bonds is 5. The average molecular weight is 300 g/mol. The second-order valence-electron chi connectivity index (χ2n) is 4.43. The molecule has 0 aliphatic rings. The van der Waals surface area contributed by atoms with Crippen molar-refractivity contribution in [1.29, 1.82) is 0 Å². The van der Waals surface area contributed by atoms with Crippen LogP contribution in [0.1, 0.15) is 36.2 Å². The van der Waals surface area contributed by atoms with E-state index in [1.54, 1.807) is 11.3 Å². The van der Waals surface area contributed by atoms with Crippen molar-refractivity contribution < 1.29 is 13.2 Å². The zero-order valence-corrected chi connectivity index (χ0v) is 11.8. The second-order valence-corrected chi connectivity index (χ2v) is 5.41. The van der Waals surface area contributed by atoms with Crippen LogP contribution in [0.5, 0.6) is 0 Å². The highest BCUT2D eigenvalue weighted by Gasteiger charge is 2.30. The summed E-state index contributed by atoms with van der Waals surface area (Å²) in [6, 6.07) is 6.49. The molecular weight excluding hydrogens is 285 g/mol. The van der Waals surface area contributed by atoms with E-state index in [1.165, 1.54) is 6.07 Å². The predicted molar refractivity (Wildman–Crippen MR) is 74.8 cm³/mol. The van der Waals surface area contributed by atoms with E-state index < -0.39 is 11.7 Å². The van der Waals surface area contributed by atoms with Gasteiger partial charge in [-0.2, -0.15) is 13.2 Å². The molecule has 0 amide bonds. The summed E-state index contributed by atoms with van der Waals surface area (Å²) in [4.78, 5) is 5.01. The summed E-state index contributed by atoms with van der Waals surface area (Å²) in [6.45, 7) is 2.07. The quantitative estimate of drug-likeness (QED) is 0.829. The molecule has 1 unspecified atom stereocenters. The topological polar surface area (TPSA) is 24.9 Å². The van der Waals surface area contributed by atoms with Gasteiger partial charge in [-0.25, -0.2) is 4.98 Å². The summed E-state index contributed by atoms with van der Waals surface area (Å²) in [5.41, 5.74) is -0.730. The van der Waals surface area contributed by atoms with E-state index in [0.717, 1.165) is 30.0 Å². The van der Waals surface area contributed by atoms with Gasteiger partial charge >= 0.3 is 6.18 Å². The van der Waals surface area contributed by atoms with Crippen LogP contribution < -0.4 is 5.32 Å². The van der Waals surface area contributed by atoms with Crippen molar-refractivity contribution in [2.45, 2.75) is 32.0 Å². The van der Waals surface area contributed by atoms with Crippen LogP contribution in [0, 0.1) is 0 Å². The van der Waals surface area contributed by atoms with Crippen LogP contribution in [-0.4, -0.2) is 4.98 Å². The molecule has 0 bridgehead atoms. The number of nitrogens with one attached hydrogen (secondary N) is 1. The molecule has 2 aromatic heterocycles. The van der Waals surface area contributed by atoms with Crippen molar-refractivity contribution in [3.05, 3.63) is 46.3 Å². The van der Waals surface area contributed by atoms with Gasteiger partial charge in [0, 0.05) is 11.1 Å². The molecule has 108 valence electrons. The molecule has 1 N–H and O–H groups in total. The normalized spacial score (nSPS) is 13.2. The van der Waals surface area contributed by atoms with E-state index in [1.807, 2.05) is 17.5 Å². The van der Waals surface area contributed by atoms with Crippen molar-refractivity contribution in [3.63, 3.8) is 0 Å². The van der Waals surface area contributed by atoms with Crippen molar-refractivity contribution in [2.75, 3.05) is 5.32 Å². The van der Waals surface area contributed by atoms with Crippen LogP contribution in [0.15, 0.2) is 35.8 Å². The minimum atomic E-state index is -4.35. The molecule has 2 nitrogen and oxygen atoms in total. The zero-order chi connectivity index (χ0) is 14.6. The lowest BCUT2D eigenvalue weighted by Gasteiger charge is -2.17. The summed E-state index contributed by atoms with van der Waals surface area (Å²) < 4.78 is 37.4. The Balaban J connectivity index is 2.11. The summed E-state index contributed by atoms with van der Waals surface area (Å²) >= 11 is 1.63. The third kappa shape index (κ3) is 3.72. The zero-order valence-electron chi connectivity index (χ0n) is 10.9. The van der Waals surface area contributed by atoms with Gasteiger partial charge in [0.25, 0.3) is 0 Å². The molecule has 2 heterocycles. The number of aromatic nitrogens is 1. The molecule has 2 aromatic rings. The maximum atomic E-state index is 12.5. The lowest BCUT2D eigenvalue weighted by atomic mass is 10.1. The van der Waals surface area contributed by atoms with E-state index in [4.69, 9.17) is 0 Å². The van der Waals surface area contributed by atoms with Gasteiger partial charge in [-0.05, 0) is 30.0 Å². The molecule has 0 fully saturated rings. The standard InChI is InChI=1S/C14H15F3N2S/c1-2-4-11(12-5-3-8-20-12)19-13-7-6-10(9-18-13)14(15,16)17/h3,5-9,11H,2,4H2,1H3,(H,18,19). The number of anilines is 1. The molecular formula is C14H15F3N2S. The molecule has 0 radical (unpaired) electrons. The van der Waals surface area contributed by atoms with Crippen LogP contribution in [0.3, 0.4) is 0 Å². The lowest BCUT2D eigenvalue weighted by Crippen LogP contribution is -2.11. The predicted octanol–water partition coefficient (Wildman–Crippen LogP) is 5.12. The smallest absolute Gasteiger partial charge is 0.362 e. The molecule has 6 heteroatoms. The van der Waals surface area contributed by atoms with Crippen molar-refractivity contribution in [1.82, 2.24) is 4.98 Å². The fraction of sp³-hybridized carbons (Fsp3) is 0.357. The molecule has 0 saturated heterocycles. The number of hydrogen-bond donors (Lipinski definition) is 1. The molecule has 0 saturated carbocycles. The Morgan fingerprint density at radius 1 is 1.30 bits per heavy atom. The Kier molecular flexibility index (Phi) is 4.65. The Morgan fingerprint density at radius 3 is 2.60 bits per heavy atom. The van der Waals surface area contributed by atoms with Crippen molar-refractivity contribution in [2.24, 2.45) is 0 Å². The first-order valence-corrected chi connectivity index (χ1v) is 7.22. The van der Waals surface area contributed by atoms with Gasteiger partial charge in [0.15, 0.2) is 0 Å². The SMILES string of the molecule is CCCC(Nc1ccc(C(F)(F)F)cn1)c1cccs1. The third-order valence-corrected chi connectivity index (χ3v) is 3.86. The molecule has 0 spiro atoms. The number of nitrogens with zero attached hydrogens (tertiary/aromatic N) is 1. The fourth-order valence-corrected chi connectivity index (χ4v) is 2.70. The first-order valence-electron chi connectivity index (χ1n) is 6.34. The maximum absolute atomic E-state index is 12.5. The maximum Gasteiger partial charge on any atom is 0.417 e. The largest absolute Gasteiger partial charge is 0.417 e. The number of halogens is 3. The summed E-state index contributed by atoms with van der Waals surface area (Å²) in [6.07, 6.45) is -1.60. The third-order valence-electron chi connectivity index (χ3n) is 2.88. The summed E-state index contributed by atoms with van der Waals surface area (Å²) in [5, 5.41) is 5.18. The van der Waals surface area contributed by atoms with Gasteiger partial charge in [-0.3, -0.25) is 0 Å². The second kappa shape index (κ2) is 6.26. The lowest BCUT2D eigenvalue weighted by molar-refractivity contribution is -0.137. The van der Waals surface area contributed by atoms with E-state index in [0.29, 0.717) is 5.82 Å². The Labute approximate surface area is 119 Å². The minimum Gasteiger partial charge on any atom is -0.362 e. The molecule has 0 aliphatic heterocycles. The van der Waals surface area contributed by atoms with Crippen LogP contribution in [-0.2, 0) is 6.18 Å². The monoisotopic (exact) mass is 300 g/mol. The number of thiophene rings is 1. The highest BCUT2D eigenvalue weighted by Crippen LogP contribution is 2.30. The Bertz CT molecular complexity index is 520. The highest BCUT2D eigenvalue weighted by molar-refractivity contribution is 7.10. The average Bonchev–Trinajstić information content (AvgIpc) is 2.91. The van der Waals surface area contributed by atoms with Gasteiger partial charge in [0.1, 0.15) is 5.82 Å². The van der Waals surface area contributed by atoms with Crippen molar-refractivity contribution in [3.8, 4) is 0 Å². The van der Waals surface area contributed by atoms with Gasteiger partial charge in [-0.1, -0.05) is 19.4 Å². The van der Waals surface area contributed by atoms with Gasteiger partial charge in [-0.15, -0.1) is 11.3 Å². The van der Waals surface area contributed by atoms with Crippen LogP contribution in [0.4, 0.5) is 19.0 Å². The Morgan fingerprint density at radius 2 is 2.10 bits per heavy atom. The molecule has 0 aromatic carbocycles. The van der Waals surface area contributed by atoms with Crippen molar-refractivity contribution >= 4 is 17.2 Å². The minimum absolute atomic E-state index is 0.0873. The number of hydrogen-bond acceptors (Lipinski definition) is 3. The number of pyridine rings is 1. The van der Waals surface area contributed by atoms with Gasteiger partial charge in [0.05, 0.1) is 11.6 Å². The van der Waals surface area contributed by atoms with Crippen LogP contribution in [0.2, 0.25) is 0 Å². The Hall–Kier alpha value is -1.56. The van der Waals surface area contributed by atoms with E-state index in [2.05, 4.69) is 17.2 Å². The van der Waals surface area contributed by atoms with Gasteiger partial charge < -0.3 is 5.32 Å². The van der Waals surface area contributed by atoms with Crippen LogP contribution in [0.25, 0.3) is 0 Å². The summed E-state index contributed by atoms with van der Waals surface area (Å²) in [5.74, 6) is 0.463. The molecule has 2 rings (SSSR count).